The van der Waals surface area contributed by atoms with Crippen molar-refractivity contribution in [2.45, 2.75) is 15.0 Å². The van der Waals surface area contributed by atoms with Crippen LogP contribution in [-0.4, -0.2) is 25.7 Å². The second kappa shape index (κ2) is 8.55. The fraction of sp³-hybridized carbons (Fsp3) is 0.125. The molecule has 2 aromatic carbocycles. The first-order valence-corrected chi connectivity index (χ1v) is 11.7. The first-order valence-electron chi connectivity index (χ1n) is 7.34. The van der Waals surface area contributed by atoms with Gasteiger partial charge in [0.05, 0.1) is 15.6 Å². The van der Waals surface area contributed by atoms with Crippen LogP contribution < -0.4 is 9.46 Å². The molecule has 3 rings (SSSR count). The number of hydrogen-bond acceptors (Lipinski definition) is 7. The van der Waals surface area contributed by atoms with E-state index in [9.17, 15) is 8.42 Å². The smallest absolute Gasteiger partial charge is 0.263 e. The molecule has 1 aromatic heterocycles. The Hall–Kier alpha value is -1.37. The SMILES string of the molecule is COc1ccc(S(=O)(=O)Nc2nnc(SCc3ccccc3)s2)cc1I. The van der Waals surface area contributed by atoms with Crippen molar-refractivity contribution >= 4 is 60.8 Å². The number of benzene rings is 2. The lowest BCUT2D eigenvalue weighted by atomic mass is 10.2. The summed E-state index contributed by atoms with van der Waals surface area (Å²) in [6.07, 6.45) is 0. The van der Waals surface area contributed by atoms with E-state index in [1.807, 2.05) is 52.9 Å². The van der Waals surface area contributed by atoms with E-state index in [4.69, 9.17) is 4.74 Å². The third-order valence-corrected chi connectivity index (χ3v) is 7.62. The zero-order chi connectivity index (χ0) is 18.6. The third kappa shape index (κ3) is 4.87. The van der Waals surface area contributed by atoms with Gasteiger partial charge in [0.1, 0.15) is 5.75 Å². The summed E-state index contributed by atoms with van der Waals surface area (Å²) in [7, 11) is -2.18. The zero-order valence-electron chi connectivity index (χ0n) is 13.5. The van der Waals surface area contributed by atoms with Crippen molar-refractivity contribution < 1.29 is 13.2 Å². The summed E-state index contributed by atoms with van der Waals surface area (Å²) in [4.78, 5) is 0.149. The molecule has 6 nitrogen and oxygen atoms in total. The molecule has 136 valence electrons. The van der Waals surface area contributed by atoms with Crippen molar-refractivity contribution in [3.05, 3.63) is 57.7 Å². The standard InChI is InChI=1S/C16H14IN3O3S3/c1-23-14-8-7-12(9-13(14)17)26(21,22)20-15-18-19-16(25-15)24-10-11-5-3-2-4-6-11/h2-9H,10H2,1H3,(H,18,20). The largest absolute Gasteiger partial charge is 0.496 e. The molecule has 0 aliphatic rings. The molecule has 26 heavy (non-hydrogen) atoms. The third-order valence-electron chi connectivity index (χ3n) is 3.27. The van der Waals surface area contributed by atoms with Crippen LogP contribution in [-0.2, 0) is 15.8 Å². The Morgan fingerprint density at radius 3 is 2.65 bits per heavy atom. The first-order chi connectivity index (χ1) is 12.5. The average Bonchev–Trinajstić information content (AvgIpc) is 3.07. The van der Waals surface area contributed by atoms with E-state index in [0.717, 1.165) is 5.75 Å². The Kier molecular flexibility index (Phi) is 6.37. The number of halogens is 1. The quantitative estimate of drug-likeness (QED) is 0.372. The molecular weight excluding hydrogens is 505 g/mol. The summed E-state index contributed by atoms with van der Waals surface area (Å²) in [6, 6.07) is 14.6. The molecule has 0 amide bonds. The van der Waals surface area contributed by atoms with Crippen molar-refractivity contribution in [3.63, 3.8) is 0 Å². The molecule has 0 bridgehead atoms. The maximum absolute atomic E-state index is 12.5. The van der Waals surface area contributed by atoms with Gasteiger partial charge in [-0.05, 0) is 46.4 Å². The Morgan fingerprint density at radius 2 is 1.96 bits per heavy atom. The van der Waals surface area contributed by atoms with Crippen LogP contribution in [0.4, 0.5) is 5.13 Å². The molecule has 10 heteroatoms. The molecule has 0 saturated heterocycles. The van der Waals surface area contributed by atoms with Crippen LogP contribution in [0.2, 0.25) is 0 Å². The van der Waals surface area contributed by atoms with Gasteiger partial charge in [0.15, 0.2) is 4.34 Å². The predicted octanol–water partition coefficient (Wildman–Crippen LogP) is 4.24. The maximum atomic E-state index is 12.5. The van der Waals surface area contributed by atoms with E-state index in [2.05, 4.69) is 14.9 Å². The highest BCUT2D eigenvalue weighted by Crippen LogP contribution is 2.30. The van der Waals surface area contributed by atoms with Crippen molar-refractivity contribution in [2.24, 2.45) is 0 Å². The van der Waals surface area contributed by atoms with Gasteiger partial charge < -0.3 is 4.74 Å². The van der Waals surface area contributed by atoms with Crippen LogP contribution >= 0.6 is 45.7 Å². The number of methoxy groups -OCH3 is 1. The second-order valence-corrected chi connectivity index (χ2v) is 10.1. The minimum atomic E-state index is -3.73. The number of nitrogens with one attached hydrogen (secondary N) is 1. The number of nitrogens with zero attached hydrogens (tertiary/aromatic N) is 2. The molecule has 0 spiro atoms. The highest BCUT2D eigenvalue weighted by atomic mass is 127. The van der Waals surface area contributed by atoms with Crippen LogP contribution in [0.25, 0.3) is 0 Å². The number of thioether (sulfide) groups is 1. The number of hydrogen-bond donors (Lipinski definition) is 1. The van der Waals surface area contributed by atoms with E-state index in [1.165, 1.54) is 34.7 Å². The zero-order valence-corrected chi connectivity index (χ0v) is 18.2. The maximum Gasteiger partial charge on any atom is 0.263 e. The summed E-state index contributed by atoms with van der Waals surface area (Å²) in [6.45, 7) is 0. The van der Waals surface area contributed by atoms with Crippen LogP contribution in [0.5, 0.6) is 5.75 Å². The van der Waals surface area contributed by atoms with E-state index in [1.54, 1.807) is 19.2 Å². The molecule has 1 N–H and O–H groups in total. The van der Waals surface area contributed by atoms with Gasteiger partial charge in [-0.1, -0.05) is 53.4 Å². The van der Waals surface area contributed by atoms with Gasteiger partial charge in [0, 0.05) is 5.75 Å². The Labute approximate surface area is 173 Å². The Bertz CT molecular complexity index is 994. The molecular formula is C16H14IN3O3S3. The highest BCUT2D eigenvalue weighted by Gasteiger charge is 2.18. The molecule has 0 aliphatic heterocycles. The molecule has 0 unspecified atom stereocenters. The summed E-state index contributed by atoms with van der Waals surface area (Å²) < 4.78 is 34.1. The minimum Gasteiger partial charge on any atom is -0.496 e. The second-order valence-electron chi connectivity index (χ2n) is 5.05. The number of anilines is 1. The first kappa shape index (κ1) is 19.4. The minimum absolute atomic E-state index is 0.149. The van der Waals surface area contributed by atoms with Gasteiger partial charge in [-0.15, -0.1) is 10.2 Å². The van der Waals surface area contributed by atoms with Gasteiger partial charge in [-0.2, -0.15) is 0 Å². The van der Waals surface area contributed by atoms with Gasteiger partial charge in [0.2, 0.25) is 5.13 Å². The molecule has 1 heterocycles. The molecule has 0 aliphatic carbocycles. The number of ether oxygens (including phenoxy) is 1. The van der Waals surface area contributed by atoms with Crippen molar-refractivity contribution in [3.8, 4) is 5.75 Å². The number of aromatic nitrogens is 2. The highest BCUT2D eigenvalue weighted by molar-refractivity contribution is 14.1. The lowest BCUT2D eigenvalue weighted by Crippen LogP contribution is -2.13. The van der Waals surface area contributed by atoms with Gasteiger partial charge in [-0.3, -0.25) is 4.72 Å². The summed E-state index contributed by atoms with van der Waals surface area (Å²) in [5.41, 5.74) is 1.17. The van der Waals surface area contributed by atoms with E-state index < -0.39 is 10.0 Å². The summed E-state index contributed by atoms with van der Waals surface area (Å²) >= 11 is 4.76. The molecule has 3 aromatic rings. The lowest BCUT2D eigenvalue weighted by molar-refractivity contribution is 0.411. The lowest BCUT2D eigenvalue weighted by Gasteiger charge is -2.07. The van der Waals surface area contributed by atoms with Gasteiger partial charge >= 0.3 is 0 Å². The normalized spacial score (nSPS) is 11.3. The predicted molar refractivity (Wildman–Crippen MR) is 112 cm³/mol. The van der Waals surface area contributed by atoms with E-state index in [-0.39, 0.29) is 10.0 Å². The van der Waals surface area contributed by atoms with Crippen molar-refractivity contribution in [1.82, 2.24) is 10.2 Å². The molecule has 0 atom stereocenters. The Morgan fingerprint density at radius 1 is 1.19 bits per heavy atom. The summed E-state index contributed by atoms with van der Waals surface area (Å²) in [5.74, 6) is 1.37. The van der Waals surface area contributed by atoms with Gasteiger partial charge in [0.25, 0.3) is 10.0 Å². The Balaban J connectivity index is 1.68. The molecule has 0 fully saturated rings. The fourth-order valence-electron chi connectivity index (χ4n) is 2.02. The number of sulfonamides is 1. The van der Waals surface area contributed by atoms with Gasteiger partial charge in [-0.25, -0.2) is 8.42 Å². The van der Waals surface area contributed by atoms with Crippen LogP contribution in [0, 0.1) is 3.57 Å². The van der Waals surface area contributed by atoms with Crippen LogP contribution in [0.3, 0.4) is 0 Å². The van der Waals surface area contributed by atoms with E-state index >= 15 is 0 Å². The van der Waals surface area contributed by atoms with Crippen molar-refractivity contribution in [2.75, 3.05) is 11.8 Å². The van der Waals surface area contributed by atoms with Crippen molar-refractivity contribution in [1.29, 1.82) is 0 Å². The molecule has 0 radical (unpaired) electrons. The summed E-state index contributed by atoms with van der Waals surface area (Å²) in [5, 5.41) is 8.21. The monoisotopic (exact) mass is 519 g/mol. The fourth-order valence-corrected chi connectivity index (χ4v) is 5.93. The van der Waals surface area contributed by atoms with E-state index in [0.29, 0.717) is 13.7 Å². The van der Waals surface area contributed by atoms with Crippen LogP contribution in [0.1, 0.15) is 5.56 Å². The molecule has 0 saturated carbocycles. The topological polar surface area (TPSA) is 81.2 Å². The van der Waals surface area contributed by atoms with Crippen LogP contribution in [0.15, 0.2) is 57.8 Å². The number of rotatable bonds is 7. The average molecular weight is 519 g/mol.